The number of imidazole rings is 1. The van der Waals surface area contributed by atoms with Crippen LogP contribution in [-0.2, 0) is 16.6 Å². The zero-order valence-electron chi connectivity index (χ0n) is 16.3. The van der Waals surface area contributed by atoms with Crippen LogP contribution in [0.25, 0.3) is 0 Å². The molecule has 2 heterocycles. The van der Waals surface area contributed by atoms with Crippen molar-refractivity contribution in [2.24, 2.45) is 11.7 Å². The Morgan fingerprint density at radius 2 is 1.96 bits per heavy atom. The van der Waals surface area contributed by atoms with Crippen molar-refractivity contribution in [1.82, 2.24) is 9.55 Å². The number of primary amides is 1. The zero-order chi connectivity index (χ0) is 20.3. The van der Waals surface area contributed by atoms with Crippen LogP contribution in [0.5, 0.6) is 0 Å². The van der Waals surface area contributed by atoms with Crippen LogP contribution in [-0.4, -0.2) is 37.0 Å². The smallest absolute Gasteiger partial charge is 0.280 e. The van der Waals surface area contributed by atoms with Crippen LogP contribution in [0.3, 0.4) is 0 Å². The molecule has 1 aliphatic rings. The normalized spacial score (nSPS) is 15.0. The van der Waals surface area contributed by atoms with Crippen LogP contribution < -0.4 is 15.4 Å². The number of nitrogens with zero attached hydrogens (tertiary/aromatic N) is 3. The topological polar surface area (TPSA) is 110 Å². The van der Waals surface area contributed by atoms with E-state index in [9.17, 15) is 13.2 Å². The average molecular weight is 406 g/mol. The molecule has 9 heteroatoms. The third kappa shape index (κ3) is 4.64. The third-order valence-electron chi connectivity index (χ3n) is 4.69. The fourth-order valence-electron chi connectivity index (χ4n) is 3.37. The van der Waals surface area contributed by atoms with E-state index in [1.807, 2.05) is 19.9 Å². The number of nitrogens with one attached hydrogen (secondary N) is 1. The van der Waals surface area contributed by atoms with Gasteiger partial charge in [0, 0.05) is 31.5 Å². The highest BCUT2D eigenvalue weighted by atomic mass is 32.2. The van der Waals surface area contributed by atoms with Gasteiger partial charge in [-0.2, -0.15) is 8.42 Å². The van der Waals surface area contributed by atoms with Gasteiger partial charge in [-0.05, 0) is 43.4 Å². The molecule has 152 valence electrons. The monoisotopic (exact) mass is 405 g/mol. The van der Waals surface area contributed by atoms with Crippen molar-refractivity contribution in [3.63, 3.8) is 0 Å². The van der Waals surface area contributed by atoms with Crippen molar-refractivity contribution in [2.45, 2.75) is 44.7 Å². The van der Waals surface area contributed by atoms with E-state index in [0.29, 0.717) is 12.5 Å². The maximum absolute atomic E-state index is 12.7. The largest absolute Gasteiger partial charge is 0.372 e. The molecule has 0 unspecified atom stereocenters. The van der Waals surface area contributed by atoms with Gasteiger partial charge in [-0.15, -0.1) is 0 Å². The second kappa shape index (κ2) is 8.22. The Bertz CT molecular complexity index is 946. The molecule has 0 radical (unpaired) electrons. The summed E-state index contributed by atoms with van der Waals surface area (Å²) in [7, 11) is -3.93. The van der Waals surface area contributed by atoms with Crippen molar-refractivity contribution in [1.29, 1.82) is 0 Å². The molecule has 1 aromatic heterocycles. The molecule has 1 aromatic carbocycles. The summed E-state index contributed by atoms with van der Waals surface area (Å²) in [6.45, 7) is 6.57. The summed E-state index contributed by atoms with van der Waals surface area (Å²) in [4.78, 5) is 18.1. The number of carbonyl (C=O) groups excluding carboxylic acids is 1. The zero-order valence-corrected chi connectivity index (χ0v) is 17.1. The fourth-order valence-corrected chi connectivity index (χ4v) is 4.40. The molecular weight excluding hydrogens is 378 g/mol. The first-order valence-electron chi connectivity index (χ1n) is 9.49. The van der Waals surface area contributed by atoms with Gasteiger partial charge in [-0.3, -0.25) is 9.52 Å². The van der Waals surface area contributed by atoms with Crippen molar-refractivity contribution in [2.75, 3.05) is 22.7 Å². The summed E-state index contributed by atoms with van der Waals surface area (Å²) < 4.78 is 29.6. The van der Waals surface area contributed by atoms with Gasteiger partial charge in [-0.25, -0.2) is 4.98 Å². The Morgan fingerprint density at radius 3 is 2.61 bits per heavy atom. The Kier molecular flexibility index (Phi) is 5.93. The standard InChI is InChI=1S/C19H27N5O3S/c1-14(2)11-23-12-18(21-13-23)28(26,27)22-17-7-6-15(10-16(17)19(20)25)24-8-4-3-5-9-24/h6-7,10,12-14,22H,3-5,8-9,11H2,1-2H3,(H2,20,25). The number of piperidine rings is 1. The van der Waals surface area contributed by atoms with Gasteiger partial charge in [0.1, 0.15) is 0 Å². The lowest BCUT2D eigenvalue weighted by Gasteiger charge is -2.29. The summed E-state index contributed by atoms with van der Waals surface area (Å²) in [5.41, 5.74) is 6.70. The molecule has 0 atom stereocenters. The lowest BCUT2D eigenvalue weighted by molar-refractivity contribution is 0.100. The Morgan fingerprint density at radius 1 is 1.25 bits per heavy atom. The fraction of sp³-hybridized carbons (Fsp3) is 0.474. The minimum Gasteiger partial charge on any atom is -0.372 e. The second-order valence-electron chi connectivity index (χ2n) is 7.55. The highest BCUT2D eigenvalue weighted by molar-refractivity contribution is 7.92. The Balaban J connectivity index is 1.85. The number of hydrogen-bond donors (Lipinski definition) is 2. The van der Waals surface area contributed by atoms with Crippen LogP contribution in [0.1, 0.15) is 43.5 Å². The lowest BCUT2D eigenvalue weighted by atomic mass is 10.1. The quantitative estimate of drug-likeness (QED) is 0.735. The van der Waals surface area contributed by atoms with Crippen molar-refractivity contribution in [3.8, 4) is 0 Å². The molecule has 1 amide bonds. The summed E-state index contributed by atoms with van der Waals surface area (Å²) in [6, 6.07) is 5.06. The third-order valence-corrected chi connectivity index (χ3v) is 5.95. The summed E-state index contributed by atoms with van der Waals surface area (Å²) in [5.74, 6) is -0.316. The van der Waals surface area contributed by atoms with Gasteiger partial charge < -0.3 is 15.2 Å². The molecule has 0 saturated carbocycles. The van der Waals surface area contributed by atoms with E-state index >= 15 is 0 Å². The number of nitrogens with two attached hydrogens (primary N) is 1. The summed E-state index contributed by atoms with van der Waals surface area (Å²) in [6.07, 6.45) is 6.36. The lowest BCUT2D eigenvalue weighted by Crippen LogP contribution is -2.29. The SMILES string of the molecule is CC(C)Cn1cnc(S(=O)(=O)Nc2ccc(N3CCCCC3)cc2C(N)=O)c1. The second-order valence-corrected chi connectivity index (χ2v) is 9.18. The number of rotatable bonds is 7. The van der Waals surface area contributed by atoms with Gasteiger partial charge in [0.05, 0.1) is 17.6 Å². The predicted octanol–water partition coefficient (Wildman–Crippen LogP) is 2.43. The van der Waals surface area contributed by atoms with Gasteiger partial charge in [0.25, 0.3) is 15.9 Å². The van der Waals surface area contributed by atoms with Gasteiger partial charge in [0.2, 0.25) is 0 Å². The molecule has 28 heavy (non-hydrogen) atoms. The van der Waals surface area contributed by atoms with Crippen LogP contribution in [0, 0.1) is 5.92 Å². The predicted molar refractivity (Wildman–Crippen MR) is 109 cm³/mol. The summed E-state index contributed by atoms with van der Waals surface area (Å²) in [5, 5.41) is -0.0938. The maximum Gasteiger partial charge on any atom is 0.280 e. The molecule has 8 nitrogen and oxygen atoms in total. The molecular formula is C19H27N5O3S. The van der Waals surface area contributed by atoms with Crippen LogP contribution in [0.4, 0.5) is 11.4 Å². The first-order chi connectivity index (χ1) is 13.3. The van der Waals surface area contributed by atoms with Crippen molar-refractivity contribution < 1.29 is 13.2 Å². The first kappa shape index (κ1) is 20.2. The molecule has 1 fully saturated rings. The van der Waals surface area contributed by atoms with Crippen LogP contribution >= 0.6 is 0 Å². The molecule has 0 bridgehead atoms. The molecule has 1 saturated heterocycles. The number of anilines is 2. The van der Waals surface area contributed by atoms with Crippen molar-refractivity contribution >= 4 is 27.3 Å². The van der Waals surface area contributed by atoms with Gasteiger partial charge in [-0.1, -0.05) is 13.8 Å². The molecule has 3 rings (SSSR count). The van der Waals surface area contributed by atoms with E-state index in [-0.39, 0.29) is 16.3 Å². The number of benzene rings is 1. The Hall–Kier alpha value is -2.55. The van der Waals surface area contributed by atoms with E-state index in [1.165, 1.54) is 18.9 Å². The van der Waals surface area contributed by atoms with Gasteiger partial charge >= 0.3 is 0 Å². The maximum atomic E-state index is 12.7. The average Bonchev–Trinajstić information content (AvgIpc) is 3.11. The van der Waals surface area contributed by atoms with Crippen molar-refractivity contribution in [3.05, 3.63) is 36.3 Å². The number of hydrogen-bond acceptors (Lipinski definition) is 5. The summed E-state index contributed by atoms with van der Waals surface area (Å²) >= 11 is 0. The van der Waals surface area contributed by atoms with E-state index < -0.39 is 15.9 Å². The van der Waals surface area contributed by atoms with E-state index in [0.717, 1.165) is 31.6 Å². The minimum absolute atomic E-state index is 0.0938. The van der Waals surface area contributed by atoms with Crippen LogP contribution in [0.2, 0.25) is 0 Å². The van der Waals surface area contributed by atoms with E-state index in [4.69, 9.17) is 5.73 Å². The molecule has 1 aliphatic heterocycles. The minimum atomic E-state index is -3.93. The highest BCUT2D eigenvalue weighted by Crippen LogP contribution is 2.27. The number of amides is 1. The number of aromatic nitrogens is 2. The Labute approximate surface area is 165 Å². The van der Waals surface area contributed by atoms with E-state index in [2.05, 4.69) is 14.6 Å². The number of sulfonamides is 1. The first-order valence-corrected chi connectivity index (χ1v) is 11.0. The molecule has 0 aliphatic carbocycles. The highest BCUT2D eigenvalue weighted by Gasteiger charge is 2.22. The molecule has 0 spiro atoms. The molecule has 3 N–H and O–H groups in total. The number of carbonyl (C=O) groups is 1. The van der Waals surface area contributed by atoms with Gasteiger partial charge in [0.15, 0.2) is 5.03 Å². The van der Waals surface area contributed by atoms with E-state index in [1.54, 1.807) is 16.7 Å². The van der Waals surface area contributed by atoms with Crippen LogP contribution in [0.15, 0.2) is 35.7 Å². The molecule has 2 aromatic rings.